The molecule has 0 radical (unpaired) electrons. The lowest BCUT2D eigenvalue weighted by molar-refractivity contribution is -0.117. The lowest BCUT2D eigenvalue weighted by Crippen LogP contribution is -2.32. The molecule has 0 atom stereocenters. The van der Waals surface area contributed by atoms with Crippen LogP contribution in [0.5, 0.6) is 0 Å². The molecule has 0 heterocycles. The number of carbonyl (C=O) groups is 2. The van der Waals surface area contributed by atoms with Crippen molar-refractivity contribution in [2.75, 3.05) is 16.8 Å². The van der Waals surface area contributed by atoms with E-state index in [4.69, 9.17) is 0 Å². The molecule has 4 nitrogen and oxygen atoms in total. The van der Waals surface area contributed by atoms with Gasteiger partial charge in [0.2, 0.25) is 11.8 Å². The monoisotopic (exact) mass is 328 g/mol. The molecule has 1 N–H and O–H groups in total. The van der Waals surface area contributed by atoms with Gasteiger partial charge in [0.15, 0.2) is 0 Å². The van der Waals surface area contributed by atoms with Gasteiger partial charge in [0.1, 0.15) is 5.82 Å². The fourth-order valence-corrected chi connectivity index (χ4v) is 2.54. The summed E-state index contributed by atoms with van der Waals surface area (Å²) in [5, 5.41) is 2.53. The van der Waals surface area contributed by atoms with Crippen molar-refractivity contribution in [1.82, 2.24) is 0 Å². The average molecular weight is 328 g/mol. The number of rotatable bonds is 5. The minimum Gasteiger partial charge on any atom is -0.324 e. The molecule has 0 aliphatic rings. The maximum atomic E-state index is 13.6. The van der Waals surface area contributed by atoms with Crippen LogP contribution in [0.2, 0.25) is 0 Å². The predicted octanol–water partition coefficient (Wildman–Crippen LogP) is 3.82. The zero-order valence-corrected chi connectivity index (χ0v) is 14.1. The molecule has 0 fully saturated rings. The van der Waals surface area contributed by atoms with E-state index in [9.17, 15) is 14.0 Å². The smallest absolute Gasteiger partial charge is 0.226 e. The van der Waals surface area contributed by atoms with E-state index in [1.807, 2.05) is 32.0 Å². The van der Waals surface area contributed by atoms with Crippen LogP contribution in [0.15, 0.2) is 42.5 Å². The third kappa shape index (κ3) is 4.41. The van der Waals surface area contributed by atoms with E-state index >= 15 is 0 Å². The summed E-state index contributed by atoms with van der Waals surface area (Å²) in [7, 11) is 0. The van der Waals surface area contributed by atoms with Gasteiger partial charge in [-0.3, -0.25) is 9.59 Å². The molecular weight excluding hydrogens is 307 g/mol. The van der Waals surface area contributed by atoms with Gasteiger partial charge in [-0.1, -0.05) is 29.8 Å². The number of benzene rings is 2. The number of hydrogen-bond donors (Lipinski definition) is 1. The second-order valence-electron chi connectivity index (χ2n) is 5.74. The Labute approximate surface area is 141 Å². The van der Waals surface area contributed by atoms with Gasteiger partial charge in [-0.15, -0.1) is 0 Å². The topological polar surface area (TPSA) is 49.4 Å². The first-order valence-electron chi connectivity index (χ1n) is 7.78. The van der Waals surface area contributed by atoms with Crippen molar-refractivity contribution in [2.45, 2.75) is 27.2 Å². The molecule has 0 aliphatic carbocycles. The quantitative estimate of drug-likeness (QED) is 0.907. The number of para-hydroxylation sites is 1. The Hall–Kier alpha value is -2.69. The molecule has 0 aromatic heterocycles. The molecule has 2 amide bonds. The number of carbonyl (C=O) groups excluding carboxylic acids is 2. The van der Waals surface area contributed by atoms with Crippen molar-refractivity contribution < 1.29 is 14.0 Å². The van der Waals surface area contributed by atoms with E-state index in [2.05, 4.69) is 5.32 Å². The molecule has 2 aromatic carbocycles. The average Bonchev–Trinajstić information content (AvgIpc) is 2.51. The van der Waals surface area contributed by atoms with Crippen LogP contribution >= 0.6 is 0 Å². The first-order valence-corrected chi connectivity index (χ1v) is 7.78. The number of nitrogens with one attached hydrogen (secondary N) is 1. The Morgan fingerprint density at radius 3 is 2.46 bits per heavy atom. The summed E-state index contributed by atoms with van der Waals surface area (Å²) in [5.74, 6) is -0.958. The number of aryl methyl sites for hydroxylation is 2. The molecule has 0 spiro atoms. The third-order valence-electron chi connectivity index (χ3n) is 3.73. The molecule has 24 heavy (non-hydrogen) atoms. The summed E-state index contributed by atoms with van der Waals surface area (Å²) in [6.07, 6.45) is 0.0846. The molecule has 2 rings (SSSR count). The van der Waals surface area contributed by atoms with Gasteiger partial charge >= 0.3 is 0 Å². The van der Waals surface area contributed by atoms with Crippen molar-refractivity contribution in [2.24, 2.45) is 0 Å². The SMILES string of the molecule is CC(=O)N(CCC(=O)Nc1ccccc1F)c1ccc(C)cc1C. The molecule has 0 bridgehead atoms. The Kier molecular flexibility index (Phi) is 5.68. The van der Waals surface area contributed by atoms with E-state index in [1.54, 1.807) is 17.0 Å². The lowest BCUT2D eigenvalue weighted by atomic mass is 10.1. The number of anilines is 2. The molecule has 0 saturated heterocycles. The Morgan fingerprint density at radius 1 is 1.12 bits per heavy atom. The summed E-state index contributed by atoms with van der Waals surface area (Å²) >= 11 is 0. The van der Waals surface area contributed by atoms with Crippen LogP contribution in [0, 0.1) is 19.7 Å². The number of nitrogens with zero attached hydrogens (tertiary/aromatic N) is 1. The normalized spacial score (nSPS) is 10.3. The summed E-state index contributed by atoms with van der Waals surface area (Å²) in [6.45, 7) is 5.61. The first kappa shape index (κ1) is 17.7. The minimum absolute atomic E-state index is 0.0846. The van der Waals surface area contributed by atoms with Crippen LogP contribution in [0.1, 0.15) is 24.5 Å². The molecule has 5 heteroatoms. The summed E-state index contributed by atoms with van der Waals surface area (Å²) < 4.78 is 13.6. The summed E-state index contributed by atoms with van der Waals surface area (Å²) in [4.78, 5) is 25.6. The molecule has 0 aliphatic heterocycles. The van der Waals surface area contributed by atoms with Crippen LogP contribution in [-0.2, 0) is 9.59 Å². The van der Waals surface area contributed by atoms with Crippen molar-refractivity contribution in [1.29, 1.82) is 0 Å². The van der Waals surface area contributed by atoms with Gasteiger partial charge in [0.25, 0.3) is 0 Å². The largest absolute Gasteiger partial charge is 0.324 e. The predicted molar refractivity (Wildman–Crippen MR) is 93.6 cm³/mol. The standard InChI is InChI=1S/C19H21FN2O2/c1-13-8-9-18(14(2)12-13)22(15(3)23)11-10-19(24)21-17-7-5-4-6-16(17)20/h4-9,12H,10-11H2,1-3H3,(H,21,24). The Bertz CT molecular complexity index is 759. The highest BCUT2D eigenvalue weighted by Crippen LogP contribution is 2.22. The van der Waals surface area contributed by atoms with Gasteiger partial charge in [-0.2, -0.15) is 0 Å². The fourth-order valence-electron chi connectivity index (χ4n) is 2.54. The summed E-state index contributed by atoms with van der Waals surface area (Å²) in [6, 6.07) is 11.8. The van der Waals surface area contributed by atoms with Gasteiger partial charge in [-0.05, 0) is 37.6 Å². The van der Waals surface area contributed by atoms with E-state index in [0.29, 0.717) is 0 Å². The molecular formula is C19H21FN2O2. The van der Waals surface area contributed by atoms with E-state index < -0.39 is 5.82 Å². The Morgan fingerprint density at radius 2 is 1.83 bits per heavy atom. The van der Waals surface area contributed by atoms with Crippen molar-refractivity contribution in [3.05, 3.63) is 59.4 Å². The minimum atomic E-state index is -0.483. The van der Waals surface area contributed by atoms with Crippen molar-refractivity contribution in [3.8, 4) is 0 Å². The zero-order valence-electron chi connectivity index (χ0n) is 14.1. The van der Waals surface area contributed by atoms with Crippen molar-refractivity contribution in [3.63, 3.8) is 0 Å². The summed E-state index contributed by atoms with van der Waals surface area (Å²) in [5.41, 5.74) is 3.01. The number of hydrogen-bond acceptors (Lipinski definition) is 2. The highest BCUT2D eigenvalue weighted by atomic mass is 19.1. The third-order valence-corrected chi connectivity index (χ3v) is 3.73. The van der Waals surface area contributed by atoms with Gasteiger partial charge in [0.05, 0.1) is 5.69 Å². The van der Waals surface area contributed by atoms with Crippen LogP contribution in [-0.4, -0.2) is 18.4 Å². The van der Waals surface area contributed by atoms with Gasteiger partial charge in [-0.25, -0.2) is 4.39 Å². The maximum Gasteiger partial charge on any atom is 0.226 e. The van der Waals surface area contributed by atoms with Crippen molar-refractivity contribution >= 4 is 23.2 Å². The van der Waals surface area contributed by atoms with Gasteiger partial charge in [0, 0.05) is 25.6 Å². The number of halogens is 1. The number of amides is 2. The van der Waals surface area contributed by atoms with Crippen LogP contribution in [0.4, 0.5) is 15.8 Å². The fraction of sp³-hybridized carbons (Fsp3) is 0.263. The Balaban J connectivity index is 2.05. The van der Waals surface area contributed by atoms with Crippen LogP contribution < -0.4 is 10.2 Å². The van der Waals surface area contributed by atoms with E-state index in [1.165, 1.54) is 19.1 Å². The van der Waals surface area contributed by atoms with E-state index in [0.717, 1.165) is 16.8 Å². The van der Waals surface area contributed by atoms with E-state index in [-0.39, 0.29) is 30.5 Å². The molecule has 2 aromatic rings. The molecule has 0 saturated carbocycles. The highest BCUT2D eigenvalue weighted by Gasteiger charge is 2.16. The molecule has 0 unspecified atom stereocenters. The maximum absolute atomic E-state index is 13.6. The second-order valence-corrected chi connectivity index (χ2v) is 5.74. The van der Waals surface area contributed by atoms with Crippen LogP contribution in [0.3, 0.4) is 0 Å². The van der Waals surface area contributed by atoms with Gasteiger partial charge < -0.3 is 10.2 Å². The highest BCUT2D eigenvalue weighted by molar-refractivity contribution is 5.95. The second kappa shape index (κ2) is 7.73. The zero-order chi connectivity index (χ0) is 17.7. The first-order chi connectivity index (χ1) is 11.4. The molecule has 126 valence electrons. The lowest BCUT2D eigenvalue weighted by Gasteiger charge is -2.23. The van der Waals surface area contributed by atoms with Crippen LogP contribution in [0.25, 0.3) is 0 Å².